The second kappa shape index (κ2) is 8.83. The molecule has 0 saturated carbocycles. The van der Waals surface area contributed by atoms with E-state index in [1.807, 2.05) is 49.6 Å². The van der Waals surface area contributed by atoms with E-state index in [0.29, 0.717) is 11.3 Å². The quantitative estimate of drug-likeness (QED) is 0.359. The predicted octanol–water partition coefficient (Wildman–Crippen LogP) is 4.49. The van der Waals surface area contributed by atoms with Crippen LogP contribution in [0.2, 0.25) is 0 Å². The highest BCUT2D eigenvalue weighted by Crippen LogP contribution is 2.24. The number of amides is 1. The van der Waals surface area contributed by atoms with Gasteiger partial charge in [-0.2, -0.15) is 0 Å². The first-order valence-electron chi connectivity index (χ1n) is 9.70. The summed E-state index contributed by atoms with van der Waals surface area (Å²) < 4.78 is 7.35. The van der Waals surface area contributed by atoms with Crippen LogP contribution in [0.3, 0.4) is 0 Å². The molecule has 0 fully saturated rings. The van der Waals surface area contributed by atoms with E-state index in [1.54, 1.807) is 6.07 Å². The molecular formula is C23H23N3O5. The van der Waals surface area contributed by atoms with Crippen LogP contribution in [0.15, 0.2) is 54.6 Å². The third kappa shape index (κ3) is 4.63. The highest BCUT2D eigenvalue weighted by molar-refractivity contribution is 5.98. The summed E-state index contributed by atoms with van der Waals surface area (Å²) in [5.74, 6) is -1.13. The Hall–Kier alpha value is -3.94. The average Bonchev–Trinajstić information content (AvgIpc) is 3.03. The molecule has 1 N–H and O–H groups in total. The molecule has 1 atom stereocenters. The Morgan fingerprint density at radius 3 is 2.32 bits per heavy atom. The van der Waals surface area contributed by atoms with Gasteiger partial charge in [0, 0.05) is 34.9 Å². The number of non-ortho nitro benzene ring substituents is 1. The van der Waals surface area contributed by atoms with Crippen molar-refractivity contribution in [3.05, 3.63) is 87.2 Å². The third-order valence-corrected chi connectivity index (χ3v) is 5.01. The summed E-state index contributed by atoms with van der Waals surface area (Å²) in [5, 5.41) is 13.3. The van der Waals surface area contributed by atoms with Gasteiger partial charge in [-0.15, -0.1) is 0 Å². The van der Waals surface area contributed by atoms with Crippen molar-refractivity contribution in [3.8, 4) is 5.69 Å². The molecule has 2 aromatic carbocycles. The minimum Gasteiger partial charge on any atom is -0.449 e. The van der Waals surface area contributed by atoms with Gasteiger partial charge in [0.25, 0.3) is 11.6 Å². The number of aryl methyl sites for hydroxylation is 2. The van der Waals surface area contributed by atoms with Crippen molar-refractivity contribution in [3.63, 3.8) is 0 Å². The minimum atomic E-state index is -1.05. The van der Waals surface area contributed by atoms with Crippen molar-refractivity contribution >= 4 is 23.3 Å². The molecule has 1 amide bonds. The number of nitro groups is 1. The number of rotatable bonds is 6. The molecule has 1 aromatic heterocycles. The zero-order valence-corrected chi connectivity index (χ0v) is 17.7. The first-order valence-corrected chi connectivity index (χ1v) is 9.70. The highest BCUT2D eigenvalue weighted by atomic mass is 16.6. The summed E-state index contributed by atoms with van der Waals surface area (Å²) in [6.45, 7) is 7.20. The van der Waals surface area contributed by atoms with Gasteiger partial charge in [-0.25, -0.2) is 4.79 Å². The Labute approximate surface area is 179 Å². The van der Waals surface area contributed by atoms with Gasteiger partial charge in [-0.05, 0) is 57.5 Å². The smallest absolute Gasteiger partial charge is 0.340 e. The monoisotopic (exact) mass is 421 g/mol. The number of benzene rings is 2. The van der Waals surface area contributed by atoms with Crippen molar-refractivity contribution in [1.82, 2.24) is 4.57 Å². The van der Waals surface area contributed by atoms with E-state index in [1.165, 1.54) is 31.2 Å². The Balaban J connectivity index is 1.72. The number of nitrogens with zero attached hydrogens (tertiary/aromatic N) is 2. The van der Waals surface area contributed by atoms with Crippen LogP contribution in [0.4, 0.5) is 11.4 Å². The predicted molar refractivity (Wildman–Crippen MR) is 117 cm³/mol. The van der Waals surface area contributed by atoms with Crippen LogP contribution < -0.4 is 5.32 Å². The van der Waals surface area contributed by atoms with Crippen LogP contribution in [-0.4, -0.2) is 27.5 Å². The lowest BCUT2D eigenvalue weighted by molar-refractivity contribution is -0.384. The summed E-state index contributed by atoms with van der Waals surface area (Å²) in [7, 11) is 0. The van der Waals surface area contributed by atoms with Crippen molar-refractivity contribution in [1.29, 1.82) is 0 Å². The van der Waals surface area contributed by atoms with Crippen LogP contribution in [0.25, 0.3) is 5.69 Å². The van der Waals surface area contributed by atoms with E-state index in [2.05, 4.69) is 5.32 Å². The van der Waals surface area contributed by atoms with Crippen LogP contribution in [0.5, 0.6) is 0 Å². The number of esters is 1. The summed E-state index contributed by atoms with van der Waals surface area (Å²) in [6.07, 6.45) is -1.05. The lowest BCUT2D eigenvalue weighted by Gasteiger charge is -2.14. The van der Waals surface area contributed by atoms with E-state index in [-0.39, 0.29) is 5.69 Å². The number of ether oxygens (including phenoxy) is 1. The molecule has 8 nitrogen and oxygen atoms in total. The number of carbonyl (C=O) groups excluding carboxylic acids is 2. The van der Waals surface area contributed by atoms with Crippen LogP contribution in [-0.2, 0) is 9.53 Å². The fraction of sp³-hybridized carbons (Fsp3) is 0.217. The first-order chi connectivity index (χ1) is 14.7. The maximum absolute atomic E-state index is 12.7. The number of aromatic nitrogens is 1. The Morgan fingerprint density at radius 1 is 1.06 bits per heavy atom. The van der Waals surface area contributed by atoms with Crippen LogP contribution in [0, 0.1) is 30.9 Å². The molecule has 1 unspecified atom stereocenters. The van der Waals surface area contributed by atoms with E-state index in [9.17, 15) is 19.7 Å². The number of nitrogens with one attached hydrogen (secondary N) is 1. The minimum absolute atomic E-state index is 0.0820. The summed E-state index contributed by atoms with van der Waals surface area (Å²) in [4.78, 5) is 35.3. The standard InChI is InChI=1S/C23H23N3O5/c1-14-7-5-6-8-21(14)25-15(2)13-20(16(25)3)23(28)31-17(4)22(27)24-18-9-11-19(12-10-18)26(29)30/h5-13,17H,1-4H3,(H,24,27). The number of nitro benzene ring substituents is 1. The molecule has 160 valence electrons. The van der Waals surface area contributed by atoms with Gasteiger partial charge >= 0.3 is 5.97 Å². The van der Waals surface area contributed by atoms with E-state index in [0.717, 1.165) is 22.6 Å². The first kappa shape index (κ1) is 21.8. The number of para-hydroxylation sites is 1. The molecule has 0 aliphatic carbocycles. The Kier molecular flexibility index (Phi) is 6.20. The number of carbonyl (C=O) groups is 2. The van der Waals surface area contributed by atoms with Gasteiger partial charge in [-0.1, -0.05) is 18.2 Å². The molecule has 0 spiro atoms. The molecule has 0 aliphatic heterocycles. The number of hydrogen-bond acceptors (Lipinski definition) is 5. The average molecular weight is 421 g/mol. The summed E-state index contributed by atoms with van der Waals surface area (Å²) >= 11 is 0. The molecule has 0 bridgehead atoms. The van der Waals surface area contributed by atoms with Gasteiger partial charge in [0.1, 0.15) is 0 Å². The van der Waals surface area contributed by atoms with Crippen molar-refractivity contribution < 1.29 is 19.2 Å². The van der Waals surface area contributed by atoms with E-state index >= 15 is 0 Å². The fourth-order valence-corrected chi connectivity index (χ4v) is 3.34. The SMILES string of the molecule is Cc1ccccc1-n1c(C)cc(C(=O)OC(C)C(=O)Nc2ccc([N+](=O)[O-])cc2)c1C. The molecule has 1 heterocycles. The summed E-state index contributed by atoms with van der Waals surface area (Å²) in [6, 6.07) is 15.0. The van der Waals surface area contributed by atoms with Crippen molar-refractivity contribution in [2.45, 2.75) is 33.8 Å². The molecule has 3 rings (SSSR count). The maximum atomic E-state index is 12.7. The lowest BCUT2D eigenvalue weighted by Crippen LogP contribution is -2.30. The van der Waals surface area contributed by atoms with Crippen LogP contribution in [0.1, 0.15) is 34.2 Å². The summed E-state index contributed by atoms with van der Waals surface area (Å²) in [5.41, 5.74) is 4.32. The van der Waals surface area contributed by atoms with E-state index in [4.69, 9.17) is 4.74 Å². The number of hydrogen-bond donors (Lipinski definition) is 1. The Morgan fingerprint density at radius 2 is 1.71 bits per heavy atom. The third-order valence-electron chi connectivity index (χ3n) is 5.01. The molecule has 31 heavy (non-hydrogen) atoms. The second-order valence-corrected chi connectivity index (χ2v) is 7.25. The van der Waals surface area contributed by atoms with Gasteiger partial charge < -0.3 is 14.6 Å². The fourth-order valence-electron chi connectivity index (χ4n) is 3.34. The van der Waals surface area contributed by atoms with Crippen molar-refractivity contribution in [2.75, 3.05) is 5.32 Å². The highest BCUT2D eigenvalue weighted by Gasteiger charge is 2.23. The van der Waals surface area contributed by atoms with Gasteiger partial charge in [-0.3, -0.25) is 14.9 Å². The zero-order chi connectivity index (χ0) is 22.7. The van der Waals surface area contributed by atoms with Gasteiger partial charge in [0.2, 0.25) is 0 Å². The molecule has 8 heteroatoms. The Bertz CT molecular complexity index is 1150. The van der Waals surface area contributed by atoms with Crippen LogP contribution >= 0.6 is 0 Å². The number of anilines is 1. The lowest BCUT2D eigenvalue weighted by atomic mass is 10.2. The van der Waals surface area contributed by atoms with Gasteiger partial charge in [0.05, 0.1) is 10.5 Å². The molecule has 0 saturated heterocycles. The largest absolute Gasteiger partial charge is 0.449 e. The molecule has 0 radical (unpaired) electrons. The zero-order valence-electron chi connectivity index (χ0n) is 17.7. The maximum Gasteiger partial charge on any atom is 0.340 e. The molecule has 3 aromatic rings. The molecular weight excluding hydrogens is 398 g/mol. The molecule has 0 aliphatic rings. The van der Waals surface area contributed by atoms with E-state index < -0.39 is 22.9 Å². The van der Waals surface area contributed by atoms with Crippen molar-refractivity contribution in [2.24, 2.45) is 0 Å². The topological polar surface area (TPSA) is 103 Å². The second-order valence-electron chi connectivity index (χ2n) is 7.25. The normalized spacial score (nSPS) is 11.6. The van der Waals surface area contributed by atoms with Gasteiger partial charge in [0.15, 0.2) is 6.10 Å².